The Labute approximate surface area is 185 Å². The molecule has 1 saturated carbocycles. The average molecular weight is 448 g/mol. The summed E-state index contributed by atoms with van der Waals surface area (Å²) in [6.07, 6.45) is 7.95. The summed E-state index contributed by atoms with van der Waals surface area (Å²) in [6.45, 7) is 1.49. The minimum atomic E-state index is -3.50. The van der Waals surface area contributed by atoms with Crippen molar-refractivity contribution in [3.05, 3.63) is 41.3 Å². The first-order valence-corrected chi connectivity index (χ1v) is 12.7. The highest BCUT2D eigenvalue weighted by molar-refractivity contribution is 7.92. The normalized spacial score (nSPS) is 19.4. The first-order valence-electron chi connectivity index (χ1n) is 11.2. The molecule has 1 saturated heterocycles. The van der Waals surface area contributed by atoms with Gasteiger partial charge in [-0.3, -0.25) is 9.59 Å². The molecule has 2 fully saturated rings. The SMILES string of the molecule is O=C(NCCNC(=O)C1CCN(S(=O)(=O)/C=C/c2ccccc2)CC1)C1CCCCC1. The number of sulfonamides is 1. The van der Waals surface area contributed by atoms with Gasteiger partial charge in [0.2, 0.25) is 21.8 Å². The van der Waals surface area contributed by atoms with Gasteiger partial charge in [-0.25, -0.2) is 8.42 Å². The second-order valence-corrected chi connectivity index (χ2v) is 10.2. The monoisotopic (exact) mass is 447 g/mol. The lowest BCUT2D eigenvalue weighted by Crippen LogP contribution is -2.44. The predicted molar refractivity (Wildman–Crippen MR) is 121 cm³/mol. The van der Waals surface area contributed by atoms with Crippen LogP contribution in [0.1, 0.15) is 50.5 Å². The van der Waals surface area contributed by atoms with Crippen LogP contribution in [0.2, 0.25) is 0 Å². The van der Waals surface area contributed by atoms with Crippen molar-refractivity contribution in [1.29, 1.82) is 0 Å². The zero-order valence-corrected chi connectivity index (χ0v) is 18.8. The van der Waals surface area contributed by atoms with E-state index in [0.717, 1.165) is 31.2 Å². The van der Waals surface area contributed by atoms with Crippen LogP contribution in [-0.2, 0) is 19.6 Å². The fraction of sp³-hybridized carbons (Fsp3) is 0.565. The molecule has 1 aromatic rings. The Kier molecular flexibility index (Phi) is 8.66. The van der Waals surface area contributed by atoms with Crippen LogP contribution in [0.15, 0.2) is 35.7 Å². The van der Waals surface area contributed by atoms with Gasteiger partial charge in [0.05, 0.1) is 0 Å². The van der Waals surface area contributed by atoms with Crippen LogP contribution >= 0.6 is 0 Å². The van der Waals surface area contributed by atoms with Gasteiger partial charge in [-0.15, -0.1) is 0 Å². The van der Waals surface area contributed by atoms with Gasteiger partial charge in [-0.2, -0.15) is 4.31 Å². The third-order valence-electron chi connectivity index (χ3n) is 6.12. The van der Waals surface area contributed by atoms with Gasteiger partial charge in [0.25, 0.3) is 0 Å². The molecule has 0 aromatic heterocycles. The van der Waals surface area contributed by atoms with Crippen LogP contribution in [-0.4, -0.2) is 50.7 Å². The molecule has 2 N–H and O–H groups in total. The van der Waals surface area contributed by atoms with Gasteiger partial charge in [0.15, 0.2) is 0 Å². The van der Waals surface area contributed by atoms with Crippen LogP contribution in [0, 0.1) is 11.8 Å². The number of benzene rings is 1. The summed E-state index contributed by atoms with van der Waals surface area (Å²) in [5, 5.41) is 7.03. The molecule has 1 heterocycles. The van der Waals surface area contributed by atoms with E-state index in [1.807, 2.05) is 30.3 Å². The Morgan fingerprint density at radius 2 is 1.42 bits per heavy atom. The van der Waals surface area contributed by atoms with Crippen molar-refractivity contribution in [3.8, 4) is 0 Å². The summed E-state index contributed by atoms with van der Waals surface area (Å²) in [5.41, 5.74) is 0.830. The van der Waals surface area contributed by atoms with E-state index in [-0.39, 0.29) is 23.7 Å². The molecule has 8 heteroatoms. The zero-order chi connectivity index (χ0) is 22.1. The molecule has 0 unspecified atom stereocenters. The van der Waals surface area contributed by atoms with E-state index in [2.05, 4.69) is 10.6 Å². The Balaban J connectivity index is 1.36. The highest BCUT2D eigenvalue weighted by Crippen LogP contribution is 2.23. The van der Waals surface area contributed by atoms with E-state index in [9.17, 15) is 18.0 Å². The molecule has 1 aliphatic carbocycles. The van der Waals surface area contributed by atoms with E-state index < -0.39 is 10.0 Å². The van der Waals surface area contributed by atoms with Crippen molar-refractivity contribution >= 4 is 27.9 Å². The minimum Gasteiger partial charge on any atom is -0.354 e. The zero-order valence-electron chi connectivity index (χ0n) is 18.0. The lowest BCUT2D eigenvalue weighted by Gasteiger charge is -2.29. The Morgan fingerprint density at radius 3 is 2.00 bits per heavy atom. The highest BCUT2D eigenvalue weighted by Gasteiger charge is 2.29. The summed E-state index contributed by atoms with van der Waals surface area (Å²) >= 11 is 0. The molecule has 2 amide bonds. The number of nitrogens with one attached hydrogen (secondary N) is 2. The molecule has 31 heavy (non-hydrogen) atoms. The number of hydrogen-bond acceptors (Lipinski definition) is 4. The maximum Gasteiger partial charge on any atom is 0.236 e. The maximum absolute atomic E-state index is 12.5. The smallest absolute Gasteiger partial charge is 0.236 e. The first-order chi connectivity index (χ1) is 15.0. The van der Waals surface area contributed by atoms with Gasteiger partial charge in [0.1, 0.15) is 0 Å². The summed E-state index contributed by atoms with van der Waals surface area (Å²) in [5.74, 6) is -0.0509. The number of amides is 2. The van der Waals surface area contributed by atoms with E-state index in [1.165, 1.54) is 16.1 Å². The number of hydrogen-bond donors (Lipinski definition) is 2. The van der Waals surface area contributed by atoms with Crippen molar-refractivity contribution in [2.24, 2.45) is 11.8 Å². The summed E-state index contributed by atoms with van der Waals surface area (Å²) in [6, 6.07) is 9.29. The third kappa shape index (κ3) is 7.18. The lowest BCUT2D eigenvalue weighted by atomic mass is 9.89. The van der Waals surface area contributed by atoms with E-state index >= 15 is 0 Å². The van der Waals surface area contributed by atoms with Crippen molar-refractivity contribution < 1.29 is 18.0 Å². The van der Waals surface area contributed by atoms with Crippen molar-refractivity contribution in [2.45, 2.75) is 44.9 Å². The molecule has 7 nitrogen and oxygen atoms in total. The second kappa shape index (κ2) is 11.4. The Bertz CT molecular complexity index is 856. The molecule has 2 aliphatic rings. The summed E-state index contributed by atoms with van der Waals surface area (Å²) in [4.78, 5) is 24.5. The molecule has 0 spiro atoms. The first kappa shape index (κ1) is 23.5. The number of piperidine rings is 1. The van der Waals surface area contributed by atoms with Gasteiger partial charge < -0.3 is 10.6 Å². The van der Waals surface area contributed by atoms with Crippen molar-refractivity contribution in [1.82, 2.24) is 14.9 Å². The molecule has 0 radical (unpaired) electrons. The third-order valence-corrected chi connectivity index (χ3v) is 7.68. The molecule has 1 aromatic carbocycles. The van der Waals surface area contributed by atoms with Gasteiger partial charge in [-0.05, 0) is 37.3 Å². The summed E-state index contributed by atoms with van der Waals surface area (Å²) in [7, 11) is -3.50. The molecule has 170 valence electrons. The highest BCUT2D eigenvalue weighted by atomic mass is 32.2. The van der Waals surface area contributed by atoms with Crippen LogP contribution in [0.3, 0.4) is 0 Å². The van der Waals surface area contributed by atoms with Crippen LogP contribution in [0.4, 0.5) is 0 Å². The Morgan fingerprint density at radius 1 is 0.871 bits per heavy atom. The summed E-state index contributed by atoms with van der Waals surface area (Å²) < 4.78 is 26.5. The van der Waals surface area contributed by atoms with E-state index in [1.54, 1.807) is 6.08 Å². The number of rotatable bonds is 8. The standard InChI is InChI=1S/C23H33N3O4S/c27-22(20-9-5-2-6-10-20)24-14-15-25-23(28)21-11-16-26(17-12-21)31(29,30)18-13-19-7-3-1-4-8-19/h1,3-4,7-8,13,18,20-21H,2,5-6,9-12,14-17H2,(H,24,27)(H,25,28)/b18-13+. The van der Waals surface area contributed by atoms with E-state index in [0.29, 0.717) is 39.0 Å². The number of carbonyl (C=O) groups is 2. The van der Waals surface area contributed by atoms with Crippen LogP contribution < -0.4 is 10.6 Å². The topological polar surface area (TPSA) is 95.6 Å². The molecular weight excluding hydrogens is 414 g/mol. The minimum absolute atomic E-state index is 0.0659. The largest absolute Gasteiger partial charge is 0.354 e. The fourth-order valence-electron chi connectivity index (χ4n) is 4.21. The quantitative estimate of drug-likeness (QED) is 0.599. The lowest BCUT2D eigenvalue weighted by molar-refractivity contribution is -0.127. The number of nitrogens with zero attached hydrogens (tertiary/aromatic N) is 1. The van der Waals surface area contributed by atoms with Gasteiger partial charge >= 0.3 is 0 Å². The van der Waals surface area contributed by atoms with Crippen LogP contribution in [0.5, 0.6) is 0 Å². The van der Waals surface area contributed by atoms with Gasteiger partial charge in [-0.1, -0.05) is 49.6 Å². The molecule has 0 atom stereocenters. The van der Waals surface area contributed by atoms with Crippen molar-refractivity contribution in [3.63, 3.8) is 0 Å². The molecule has 1 aliphatic heterocycles. The van der Waals surface area contributed by atoms with E-state index in [4.69, 9.17) is 0 Å². The Hall–Kier alpha value is -2.19. The fourth-order valence-corrected chi connectivity index (χ4v) is 5.43. The molecular formula is C23H33N3O4S. The second-order valence-electron chi connectivity index (χ2n) is 8.35. The predicted octanol–water partition coefficient (Wildman–Crippen LogP) is 2.51. The molecule has 0 bridgehead atoms. The number of carbonyl (C=O) groups excluding carboxylic acids is 2. The average Bonchev–Trinajstić information content (AvgIpc) is 2.81. The van der Waals surface area contributed by atoms with Crippen molar-refractivity contribution in [2.75, 3.05) is 26.2 Å². The van der Waals surface area contributed by atoms with Gasteiger partial charge in [0, 0.05) is 43.4 Å². The molecule has 3 rings (SSSR count). The maximum atomic E-state index is 12.5. The van der Waals surface area contributed by atoms with Crippen LogP contribution in [0.25, 0.3) is 6.08 Å².